The number of halogens is 1. The van der Waals surface area contributed by atoms with Gasteiger partial charge < -0.3 is 11.5 Å². The number of alkyl halides is 1. The van der Waals surface area contributed by atoms with Crippen LogP contribution in [-0.4, -0.2) is 12.5 Å². The van der Waals surface area contributed by atoms with Crippen LogP contribution in [0.2, 0.25) is 0 Å². The molecular weight excluding hydrogens is 320 g/mol. The summed E-state index contributed by atoms with van der Waals surface area (Å²) in [5.41, 5.74) is 17.1. The van der Waals surface area contributed by atoms with E-state index in [1.165, 1.54) is 0 Å². The zero-order valence-electron chi connectivity index (χ0n) is 14.1. The Morgan fingerprint density at radius 3 is 2.50 bits per heavy atom. The number of primary amides is 1. The minimum atomic E-state index is -0.636. The van der Waals surface area contributed by atoms with E-state index >= 15 is 0 Å². The Bertz CT molecular complexity index is 788. The number of rotatable bonds is 6. The van der Waals surface area contributed by atoms with E-state index in [1.54, 1.807) is 0 Å². The van der Waals surface area contributed by atoms with Crippen LogP contribution in [0, 0.1) is 12.8 Å². The number of carbonyl (C=O) groups is 1. The molecule has 0 aliphatic heterocycles. The molecule has 2 aromatic rings. The molecule has 0 spiro atoms. The third-order valence-corrected chi connectivity index (χ3v) is 5.54. The summed E-state index contributed by atoms with van der Waals surface area (Å²) in [6.45, 7) is 4.81. The first-order valence-electron chi connectivity index (χ1n) is 8.33. The van der Waals surface area contributed by atoms with E-state index in [9.17, 15) is 4.79 Å². The van der Waals surface area contributed by atoms with Crippen molar-refractivity contribution in [3.63, 3.8) is 0 Å². The Kier molecular flexibility index (Phi) is 4.41. The summed E-state index contributed by atoms with van der Waals surface area (Å²) in [6.07, 6.45) is 1.67. The van der Waals surface area contributed by atoms with E-state index in [0.717, 1.165) is 40.7 Å². The lowest BCUT2D eigenvalue weighted by Crippen LogP contribution is -2.39. The first-order valence-corrected chi connectivity index (χ1v) is 8.70. The number of hydrogen-bond donors (Lipinski definition) is 2. The third-order valence-electron chi connectivity index (χ3n) is 5.01. The molecule has 0 radical (unpaired) electrons. The molecule has 126 valence electrons. The van der Waals surface area contributed by atoms with Gasteiger partial charge in [0.1, 0.15) is 0 Å². The van der Waals surface area contributed by atoms with E-state index in [2.05, 4.69) is 6.92 Å². The van der Waals surface area contributed by atoms with Crippen LogP contribution in [0.5, 0.6) is 0 Å². The van der Waals surface area contributed by atoms with E-state index in [4.69, 9.17) is 23.1 Å². The largest absolute Gasteiger partial charge is 0.366 e. The molecule has 2 aliphatic carbocycles. The van der Waals surface area contributed by atoms with Gasteiger partial charge in [-0.1, -0.05) is 37.3 Å². The highest BCUT2D eigenvalue weighted by atomic mass is 35.5. The molecule has 2 aliphatic rings. The predicted octanol–water partition coefficient (Wildman–Crippen LogP) is 3.93. The maximum absolute atomic E-state index is 12.0. The molecule has 0 heterocycles. The second-order valence-electron chi connectivity index (χ2n) is 6.76. The fourth-order valence-electron chi connectivity index (χ4n) is 4.01. The number of aryl methyl sites for hydroxylation is 1. The maximum atomic E-state index is 12.0. The normalized spacial score (nSPS) is 19.7. The molecule has 0 saturated heterocycles. The van der Waals surface area contributed by atoms with Crippen LogP contribution < -0.4 is 11.5 Å². The number of fused-ring (bicyclic) bond motifs is 2. The Morgan fingerprint density at radius 1 is 1.25 bits per heavy atom. The number of amides is 1. The van der Waals surface area contributed by atoms with Crippen molar-refractivity contribution in [2.75, 3.05) is 6.54 Å². The van der Waals surface area contributed by atoms with Crippen molar-refractivity contribution in [2.45, 2.75) is 31.6 Å². The summed E-state index contributed by atoms with van der Waals surface area (Å²) >= 11 is 7.08. The average Bonchev–Trinajstić information content (AvgIpc) is 2.55. The van der Waals surface area contributed by atoms with Crippen LogP contribution in [0.4, 0.5) is 0 Å². The molecule has 4 heteroatoms. The molecule has 2 atom stereocenters. The van der Waals surface area contributed by atoms with Crippen LogP contribution in [0.3, 0.4) is 0 Å². The van der Waals surface area contributed by atoms with Gasteiger partial charge in [0.15, 0.2) is 0 Å². The van der Waals surface area contributed by atoms with Crippen LogP contribution in [-0.2, 0) is 4.87 Å². The van der Waals surface area contributed by atoms with Crippen molar-refractivity contribution < 1.29 is 4.79 Å². The number of benzene rings is 2. The van der Waals surface area contributed by atoms with E-state index < -0.39 is 10.8 Å². The standard InChI is InChI=1S/C20H23ClN2O/c1-12(8-9-22)11-20(21)17-13(2)18(20)16(19(23)24)10-15(17)14-6-4-3-5-7-14/h3-7,10,12H,8-9,11,22H2,1-2H3,(H2,23,24). The van der Waals surface area contributed by atoms with Crippen molar-refractivity contribution in [2.24, 2.45) is 17.4 Å². The first kappa shape index (κ1) is 17.0. The van der Waals surface area contributed by atoms with Gasteiger partial charge in [-0.15, -0.1) is 11.6 Å². The molecule has 1 amide bonds. The van der Waals surface area contributed by atoms with E-state index in [0.29, 0.717) is 18.0 Å². The summed E-state index contributed by atoms with van der Waals surface area (Å²) in [5, 5.41) is 0. The maximum Gasteiger partial charge on any atom is 0.249 e. The molecule has 4 rings (SSSR count). The van der Waals surface area contributed by atoms with Gasteiger partial charge in [0.2, 0.25) is 5.91 Å². The van der Waals surface area contributed by atoms with Gasteiger partial charge in [0.05, 0.1) is 4.87 Å². The molecule has 24 heavy (non-hydrogen) atoms. The zero-order valence-corrected chi connectivity index (χ0v) is 14.9. The topological polar surface area (TPSA) is 69.1 Å². The van der Waals surface area contributed by atoms with Gasteiger partial charge in [-0.3, -0.25) is 4.79 Å². The molecular formula is C20H23ClN2O. The van der Waals surface area contributed by atoms with Crippen LogP contribution in [0.25, 0.3) is 11.1 Å². The molecule has 2 aromatic carbocycles. The van der Waals surface area contributed by atoms with Crippen molar-refractivity contribution in [3.05, 3.63) is 58.7 Å². The number of carbonyl (C=O) groups excluding carboxylic acids is 1. The first-order chi connectivity index (χ1) is 11.4. The molecule has 0 aromatic heterocycles. The average molecular weight is 343 g/mol. The van der Waals surface area contributed by atoms with Gasteiger partial charge in [-0.25, -0.2) is 0 Å². The van der Waals surface area contributed by atoms with Gasteiger partial charge in [-0.2, -0.15) is 0 Å². The SMILES string of the molecule is Cc1c2c(C(N)=O)cc(-c3ccccc3)c1C2(Cl)CC(C)CCN. The Hall–Kier alpha value is -1.84. The predicted molar refractivity (Wildman–Crippen MR) is 99.2 cm³/mol. The highest BCUT2D eigenvalue weighted by Gasteiger charge is 2.49. The minimum absolute atomic E-state index is 0.370. The summed E-state index contributed by atoms with van der Waals surface area (Å²) in [7, 11) is 0. The summed E-state index contributed by atoms with van der Waals surface area (Å²) in [5.74, 6) is -0.0529. The smallest absolute Gasteiger partial charge is 0.249 e. The number of nitrogens with two attached hydrogens (primary N) is 2. The third kappa shape index (κ3) is 2.52. The molecule has 4 N–H and O–H groups in total. The second kappa shape index (κ2) is 6.23. The van der Waals surface area contributed by atoms with Crippen molar-refractivity contribution in [1.82, 2.24) is 0 Å². The van der Waals surface area contributed by atoms with Crippen molar-refractivity contribution in [3.8, 4) is 11.1 Å². The lowest BCUT2D eigenvalue weighted by Gasteiger charge is -2.45. The molecule has 2 unspecified atom stereocenters. The summed E-state index contributed by atoms with van der Waals surface area (Å²) in [6, 6.07) is 11.9. The zero-order chi connectivity index (χ0) is 17.5. The lowest BCUT2D eigenvalue weighted by atomic mass is 9.64. The van der Waals surface area contributed by atoms with E-state index in [1.807, 2.05) is 43.3 Å². The van der Waals surface area contributed by atoms with Crippen molar-refractivity contribution >= 4 is 17.5 Å². The summed E-state index contributed by atoms with van der Waals surface area (Å²) < 4.78 is 0. The fourth-order valence-corrected chi connectivity index (χ4v) is 4.76. The van der Waals surface area contributed by atoms with Gasteiger partial charge in [0.25, 0.3) is 0 Å². The minimum Gasteiger partial charge on any atom is -0.366 e. The Morgan fingerprint density at radius 2 is 1.92 bits per heavy atom. The molecule has 3 nitrogen and oxygen atoms in total. The fraction of sp³-hybridized carbons (Fsp3) is 0.350. The van der Waals surface area contributed by atoms with Crippen molar-refractivity contribution in [1.29, 1.82) is 0 Å². The second-order valence-corrected chi connectivity index (χ2v) is 7.41. The van der Waals surface area contributed by atoms with Gasteiger partial charge in [-0.05, 0) is 66.1 Å². The molecule has 0 fully saturated rings. The molecule has 2 bridgehead atoms. The quantitative estimate of drug-likeness (QED) is 0.781. The summed E-state index contributed by atoms with van der Waals surface area (Å²) in [4.78, 5) is 11.4. The number of hydrogen-bond acceptors (Lipinski definition) is 2. The van der Waals surface area contributed by atoms with Crippen LogP contribution >= 0.6 is 11.6 Å². The molecule has 0 saturated carbocycles. The highest BCUT2D eigenvalue weighted by Crippen LogP contribution is 2.58. The van der Waals surface area contributed by atoms with Crippen LogP contribution in [0.1, 0.15) is 46.8 Å². The Balaban J connectivity index is 2.15. The Labute approximate surface area is 148 Å². The van der Waals surface area contributed by atoms with Gasteiger partial charge in [0, 0.05) is 5.56 Å². The van der Waals surface area contributed by atoms with Gasteiger partial charge >= 0.3 is 0 Å². The lowest BCUT2D eigenvalue weighted by molar-refractivity contribution is 0.0997. The van der Waals surface area contributed by atoms with Crippen LogP contribution in [0.15, 0.2) is 36.4 Å². The van der Waals surface area contributed by atoms with E-state index in [-0.39, 0.29) is 0 Å². The monoisotopic (exact) mass is 342 g/mol. The highest BCUT2D eigenvalue weighted by molar-refractivity contribution is 6.29.